The van der Waals surface area contributed by atoms with Gasteiger partial charge in [0.15, 0.2) is 6.23 Å². The molecule has 6 heteroatoms. The number of aryl methyl sites for hydroxylation is 1. The second kappa shape index (κ2) is 5.60. The van der Waals surface area contributed by atoms with Crippen molar-refractivity contribution in [1.82, 2.24) is 4.90 Å². The third kappa shape index (κ3) is 3.15. The van der Waals surface area contributed by atoms with Crippen molar-refractivity contribution in [3.05, 3.63) is 35.4 Å². The minimum absolute atomic E-state index is 0.204. The molecule has 0 saturated carbocycles. The van der Waals surface area contributed by atoms with Gasteiger partial charge in [0.2, 0.25) is 5.91 Å². The maximum atomic E-state index is 12.0. The maximum Gasteiger partial charge on any atom is 0.507 e. The first-order valence-corrected chi connectivity index (χ1v) is 7.53. The fraction of sp³-hybridized carbons (Fsp3) is 0.467. The summed E-state index contributed by atoms with van der Waals surface area (Å²) in [5.41, 5.74) is 2.10. The van der Waals surface area contributed by atoms with Crippen molar-refractivity contribution in [2.75, 3.05) is 0 Å². The third-order valence-electron chi connectivity index (χ3n) is 3.45. The highest BCUT2D eigenvalue weighted by molar-refractivity contribution is 8.01. The van der Waals surface area contributed by atoms with E-state index in [4.69, 9.17) is 9.84 Å². The molecule has 114 valence electrons. The van der Waals surface area contributed by atoms with Crippen molar-refractivity contribution in [3.63, 3.8) is 0 Å². The molecule has 1 aliphatic rings. The average Bonchev–Trinajstić information content (AvgIpc) is 2.61. The fourth-order valence-corrected chi connectivity index (χ4v) is 3.96. The zero-order valence-corrected chi connectivity index (χ0v) is 13.3. The Morgan fingerprint density at radius 1 is 1.29 bits per heavy atom. The summed E-state index contributed by atoms with van der Waals surface area (Å²) in [6, 6.07) is 7.88. The van der Waals surface area contributed by atoms with Gasteiger partial charge in [-0.25, -0.2) is 4.79 Å². The summed E-state index contributed by atoms with van der Waals surface area (Å²) in [4.78, 5) is 24.4. The van der Waals surface area contributed by atoms with E-state index in [-0.39, 0.29) is 11.3 Å². The van der Waals surface area contributed by atoms with Crippen LogP contribution in [0.3, 0.4) is 0 Å². The van der Waals surface area contributed by atoms with Crippen molar-refractivity contribution in [2.24, 2.45) is 0 Å². The van der Waals surface area contributed by atoms with Crippen LogP contribution in [-0.4, -0.2) is 33.0 Å². The molecule has 21 heavy (non-hydrogen) atoms. The first kappa shape index (κ1) is 15.7. The Kier molecular flexibility index (Phi) is 4.18. The normalized spacial score (nSPS) is 23.9. The van der Waals surface area contributed by atoms with Gasteiger partial charge in [-0.15, -0.1) is 11.8 Å². The molecular weight excluding hydrogens is 290 g/mol. The average molecular weight is 309 g/mol. The predicted octanol–water partition coefficient (Wildman–Crippen LogP) is 3.39. The van der Waals surface area contributed by atoms with E-state index >= 15 is 0 Å². The van der Waals surface area contributed by atoms with E-state index in [1.807, 2.05) is 45.0 Å². The molecule has 5 nitrogen and oxygen atoms in total. The molecule has 2 rings (SSSR count). The number of carboxylic acid groups (broad SMARTS) is 1. The van der Waals surface area contributed by atoms with Gasteiger partial charge < -0.3 is 9.84 Å². The lowest BCUT2D eigenvalue weighted by Crippen LogP contribution is -2.46. The van der Waals surface area contributed by atoms with Crippen LogP contribution in [0.5, 0.6) is 0 Å². The second-order valence-electron chi connectivity index (χ2n) is 5.65. The molecule has 1 N–H and O–H groups in total. The number of carbonyl (C=O) groups is 2. The lowest BCUT2D eigenvalue weighted by molar-refractivity contribution is -0.141. The van der Waals surface area contributed by atoms with Crippen molar-refractivity contribution < 1.29 is 19.4 Å². The van der Waals surface area contributed by atoms with Crippen LogP contribution in [0, 0.1) is 6.92 Å². The minimum atomic E-state index is -1.37. The highest BCUT2D eigenvalue weighted by Gasteiger charge is 2.51. The van der Waals surface area contributed by atoms with Crippen LogP contribution in [0.25, 0.3) is 0 Å². The fourth-order valence-electron chi connectivity index (χ4n) is 2.44. The molecule has 1 fully saturated rings. The Morgan fingerprint density at radius 3 is 2.33 bits per heavy atom. The van der Waals surface area contributed by atoms with Crippen molar-refractivity contribution in [3.8, 4) is 0 Å². The number of hydrogen-bond donors (Lipinski definition) is 1. The van der Waals surface area contributed by atoms with Gasteiger partial charge in [-0.2, -0.15) is 0 Å². The van der Waals surface area contributed by atoms with Gasteiger partial charge in [-0.05, 0) is 26.3 Å². The maximum absolute atomic E-state index is 12.0. The predicted molar refractivity (Wildman–Crippen MR) is 81.0 cm³/mol. The first-order valence-electron chi connectivity index (χ1n) is 6.65. The number of thioether (sulfide) groups is 1. The van der Waals surface area contributed by atoms with Crippen LogP contribution in [0.15, 0.2) is 24.3 Å². The zero-order valence-electron chi connectivity index (χ0n) is 12.5. The van der Waals surface area contributed by atoms with Crippen LogP contribution in [0.2, 0.25) is 0 Å². The molecule has 0 spiro atoms. The monoisotopic (exact) mass is 309 g/mol. The molecule has 0 aliphatic carbocycles. The second-order valence-corrected chi connectivity index (χ2v) is 7.38. The van der Waals surface area contributed by atoms with E-state index in [1.165, 1.54) is 23.6 Å². The lowest BCUT2D eigenvalue weighted by Gasteiger charge is -2.30. The largest absolute Gasteiger partial charge is 0.507 e. The Bertz CT molecular complexity index is 555. The number of rotatable bonds is 2. The summed E-state index contributed by atoms with van der Waals surface area (Å²) in [6.07, 6.45) is -2.17. The number of carbonyl (C=O) groups excluding carboxylic acids is 1. The molecule has 0 aromatic heterocycles. The van der Waals surface area contributed by atoms with Crippen LogP contribution in [-0.2, 0) is 9.53 Å². The van der Waals surface area contributed by atoms with Gasteiger partial charge in [0, 0.05) is 6.92 Å². The lowest BCUT2D eigenvalue weighted by atomic mass is 10.1. The highest BCUT2D eigenvalue weighted by atomic mass is 32.2. The summed E-state index contributed by atoms with van der Waals surface area (Å²) in [5.74, 6) is -0.204. The molecule has 0 unspecified atom stereocenters. The van der Waals surface area contributed by atoms with E-state index in [9.17, 15) is 9.59 Å². The van der Waals surface area contributed by atoms with E-state index in [0.29, 0.717) is 0 Å². The summed E-state index contributed by atoms with van der Waals surface area (Å²) in [7, 11) is 0. The summed E-state index contributed by atoms with van der Waals surface area (Å²) < 4.78 is 4.46. The molecule has 1 aliphatic heterocycles. The van der Waals surface area contributed by atoms with Gasteiger partial charge in [0.05, 0.1) is 4.75 Å². The molecule has 1 amide bonds. The minimum Gasteiger partial charge on any atom is -0.450 e. The quantitative estimate of drug-likeness (QED) is 0.848. The summed E-state index contributed by atoms with van der Waals surface area (Å²) in [5, 5.41) is 8.68. The van der Waals surface area contributed by atoms with Gasteiger partial charge in [0.1, 0.15) is 5.37 Å². The molecule has 0 bridgehead atoms. The molecule has 1 saturated heterocycles. The van der Waals surface area contributed by atoms with Gasteiger partial charge in [-0.1, -0.05) is 29.8 Å². The number of nitrogens with zero attached hydrogens (tertiary/aromatic N) is 1. The summed E-state index contributed by atoms with van der Waals surface area (Å²) >= 11 is 1.53. The van der Waals surface area contributed by atoms with E-state index < -0.39 is 17.1 Å². The molecular formula is C15H19NO4S. The van der Waals surface area contributed by atoms with E-state index in [0.717, 1.165) is 11.1 Å². The standard InChI is InChI=1S/C15H19NO4S/c1-9-5-7-11(8-6-9)12-16(10(2)17)13(20-14(18)19)15(3,4)21-12/h5-8,12-13H,1-4H3,(H,18,19)/t12-,13-/m0/s1. The Morgan fingerprint density at radius 2 is 1.86 bits per heavy atom. The summed E-state index contributed by atoms with van der Waals surface area (Å²) in [6.45, 7) is 7.20. The topological polar surface area (TPSA) is 66.8 Å². The van der Waals surface area contributed by atoms with Gasteiger partial charge in [0.25, 0.3) is 0 Å². The molecule has 1 aromatic carbocycles. The van der Waals surface area contributed by atoms with Crippen molar-refractivity contribution in [2.45, 2.75) is 44.0 Å². The van der Waals surface area contributed by atoms with Crippen LogP contribution < -0.4 is 0 Å². The van der Waals surface area contributed by atoms with Crippen molar-refractivity contribution in [1.29, 1.82) is 0 Å². The number of amides is 1. The SMILES string of the molecule is CC(=O)N1[C@@H](OC(=O)O)C(C)(C)S[C@H]1c1ccc(C)cc1. The smallest absolute Gasteiger partial charge is 0.450 e. The van der Waals surface area contributed by atoms with Gasteiger partial charge >= 0.3 is 6.16 Å². The van der Waals surface area contributed by atoms with Crippen LogP contribution >= 0.6 is 11.8 Å². The number of hydrogen-bond acceptors (Lipinski definition) is 4. The first-order chi connectivity index (χ1) is 9.72. The Balaban J connectivity index is 2.39. The number of ether oxygens (including phenoxy) is 1. The third-order valence-corrected chi connectivity index (χ3v) is 4.99. The highest BCUT2D eigenvalue weighted by Crippen LogP contribution is 2.52. The molecule has 0 radical (unpaired) electrons. The van der Waals surface area contributed by atoms with E-state index in [2.05, 4.69) is 0 Å². The van der Waals surface area contributed by atoms with Crippen molar-refractivity contribution >= 4 is 23.8 Å². The number of benzene rings is 1. The Labute approximate surface area is 128 Å². The molecule has 1 heterocycles. The molecule has 1 aromatic rings. The van der Waals surface area contributed by atoms with E-state index in [1.54, 1.807) is 0 Å². The molecule has 2 atom stereocenters. The zero-order chi connectivity index (χ0) is 15.8. The van der Waals surface area contributed by atoms with Gasteiger partial charge in [-0.3, -0.25) is 9.69 Å². The Hall–Kier alpha value is -1.69. The van der Waals surface area contributed by atoms with Crippen LogP contribution in [0.1, 0.15) is 37.3 Å². The van der Waals surface area contributed by atoms with Crippen LogP contribution in [0.4, 0.5) is 4.79 Å².